The van der Waals surface area contributed by atoms with E-state index in [4.69, 9.17) is 10.2 Å². The third-order valence-electron chi connectivity index (χ3n) is 3.23. The van der Waals surface area contributed by atoms with Gasteiger partial charge in [0.1, 0.15) is 0 Å². The first-order chi connectivity index (χ1) is 7.86. The van der Waals surface area contributed by atoms with Gasteiger partial charge in [0.25, 0.3) is 0 Å². The molecule has 4 heteroatoms. The van der Waals surface area contributed by atoms with Crippen molar-refractivity contribution in [2.45, 2.75) is 25.7 Å². The molecule has 96 valence electrons. The van der Waals surface area contributed by atoms with Crippen LogP contribution in [-0.4, -0.2) is 72.5 Å². The Morgan fingerprint density at radius 1 is 0.625 bits per heavy atom. The first-order valence-corrected chi connectivity index (χ1v) is 6.53. The summed E-state index contributed by atoms with van der Waals surface area (Å²) in [4.78, 5) is 4.58. The normalized spacial score (nSPS) is 22.1. The molecule has 0 radical (unpaired) electrons. The van der Waals surface area contributed by atoms with Crippen molar-refractivity contribution in [3.63, 3.8) is 0 Å². The first-order valence-electron chi connectivity index (χ1n) is 6.53. The van der Waals surface area contributed by atoms with Gasteiger partial charge in [0.15, 0.2) is 0 Å². The zero-order valence-corrected chi connectivity index (χ0v) is 10.3. The molecule has 0 aromatic rings. The Hall–Kier alpha value is -0.160. The second-order valence-electron chi connectivity index (χ2n) is 4.54. The molecule has 0 atom stereocenters. The number of aliphatic hydroxyl groups is 2. The van der Waals surface area contributed by atoms with E-state index in [9.17, 15) is 0 Å². The molecule has 2 N–H and O–H groups in total. The van der Waals surface area contributed by atoms with Crippen LogP contribution in [0.25, 0.3) is 0 Å². The summed E-state index contributed by atoms with van der Waals surface area (Å²) in [5.41, 5.74) is 0. The average molecular weight is 230 g/mol. The van der Waals surface area contributed by atoms with E-state index >= 15 is 0 Å². The monoisotopic (exact) mass is 230 g/mol. The van der Waals surface area contributed by atoms with Crippen molar-refractivity contribution in [1.29, 1.82) is 0 Å². The van der Waals surface area contributed by atoms with Gasteiger partial charge in [0, 0.05) is 13.1 Å². The number of hydrogen-bond acceptors (Lipinski definition) is 4. The molecule has 2 aliphatic rings. The van der Waals surface area contributed by atoms with E-state index in [1.165, 1.54) is 51.9 Å². The largest absolute Gasteiger partial charge is 0.395 e. The van der Waals surface area contributed by atoms with Crippen LogP contribution in [0.5, 0.6) is 0 Å². The summed E-state index contributed by atoms with van der Waals surface area (Å²) in [5, 5.41) is 17.0. The summed E-state index contributed by atoms with van der Waals surface area (Å²) in [6.07, 6.45) is 5.28. The molecule has 2 fully saturated rings. The van der Waals surface area contributed by atoms with Crippen molar-refractivity contribution in [3.05, 3.63) is 0 Å². The number of rotatable bonds is 4. The highest BCUT2D eigenvalue weighted by atomic mass is 16.3. The predicted octanol–water partition coefficient (Wildman–Crippen LogP) is 0.149. The van der Waals surface area contributed by atoms with E-state index in [0.717, 1.165) is 13.1 Å². The van der Waals surface area contributed by atoms with Crippen LogP contribution >= 0.6 is 0 Å². The summed E-state index contributed by atoms with van der Waals surface area (Å²) >= 11 is 0. The maximum atomic E-state index is 8.48. The Morgan fingerprint density at radius 2 is 0.938 bits per heavy atom. The quantitative estimate of drug-likeness (QED) is 0.722. The van der Waals surface area contributed by atoms with Crippen LogP contribution in [-0.2, 0) is 0 Å². The molecule has 0 aromatic heterocycles. The molecule has 2 heterocycles. The Morgan fingerprint density at radius 3 is 1.19 bits per heavy atom. The second-order valence-corrected chi connectivity index (χ2v) is 4.54. The summed E-state index contributed by atoms with van der Waals surface area (Å²) < 4.78 is 0. The minimum absolute atomic E-state index is 0.319. The van der Waals surface area contributed by atoms with Crippen LogP contribution in [0.3, 0.4) is 0 Å². The van der Waals surface area contributed by atoms with Gasteiger partial charge >= 0.3 is 0 Å². The average Bonchev–Trinajstić information content (AvgIpc) is 2.92. The Kier molecular flexibility index (Phi) is 7.76. The van der Waals surface area contributed by atoms with Gasteiger partial charge in [-0.15, -0.1) is 0 Å². The van der Waals surface area contributed by atoms with Crippen molar-refractivity contribution in [3.8, 4) is 0 Å². The number of hydrogen-bond donors (Lipinski definition) is 2. The highest BCUT2D eigenvalue weighted by Crippen LogP contribution is 2.05. The summed E-state index contributed by atoms with van der Waals surface area (Å²) in [6.45, 7) is 7.17. The molecule has 0 aromatic carbocycles. The van der Waals surface area contributed by atoms with Gasteiger partial charge in [-0.2, -0.15) is 0 Å². The van der Waals surface area contributed by atoms with E-state index in [1.54, 1.807) is 0 Å². The van der Waals surface area contributed by atoms with Crippen molar-refractivity contribution in [2.24, 2.45) is 0 Å². The Labute approximate surface area is 98.9 Å². The number of aliphatic hydroxyl groups excluding tert-OH is 2. The highest BCUT2D eigenvalue weighted by Gasteiger charge is 2.09. The van der Waals surface area contributed by atoms with E-state index in [2.05, 4.69) is 9.80 Å². The zero-order valence-electron chi connectivity index (χ0n) is 10.3. The summed E-state index contributed by atoms with van der Waals surface area (Å²) in [7, 11) is 0. The SMILES string of the molecule is OCCN1CCCC1.OCCN1CCCC1. The van der Waals surface area contributed by atoms with Crippen LogP contribution < -0.4 is 0 Å². The lowest BCUT2D eigenvalue weighted by Crippen LogP contribution is -2.22. The smallest absolute Gasteiger partial charge is 0.0558 e. The van der Waals surface area contributed by atoms with Gasteiger partial charge in [0.05, 0.1) is 13.2 Å². The fraction of sp³-hybridized carbons (Fsp3) is 1.00. The minimum Gasteiger partial charge on any atom is -0.395 e. The fourth-order valence-electron chi connectivity index (χ4n) is 2.30. The molecular formula is C12H26N2O2. The Bertz CT molecular complexity index is 137. The van der Waals surface area contributed by atoms with Crippen molar-refractivity contribution >= 4 is 0 Å². The molecule has 0 spiro atoms. The van der Waals surface area contributed by atoms with E-state index in [1.807, 2.05) is 0 Å². The Balaban J connectivity index is 0.000000160. The molecule has 0 aliphatic carbocycles. The molecule has 4 nitrogen and oxygen atoms in total. The molecule has 2 rings (SSSR count). The molecule has 2 saturated heterocycles. The number of likely N-dealkylation sites (tertiary alicyclic amines) is 2. The third-order valence-corrected chi connectivity index (χ3v) is 3.23. The van der Waals surface area contributed by atoms with Crippen molar-refractivity contribution in [2.75, 3.05) is 52.5 Å². The zero-order chi connectivity index (χ0) is 11.6. The summed E-state index contributed by atoms with van der Waals surface area (Å²) in [6, 6.07) is 0. The van der Waals surface area contributed by atoms with E-state index in [0.29, 0.717) is 13.2 Å². The predicted molar refractivity (Wildman–Crippen MR) is 65.5 cm³/mol. The van der Waals surface area contributed by atoms with Crippen molar-refractivity contribution < 1.29 is 10.2 Å². The molecule has 2 aliphatic heterocycles. The molecule has 0 amide bonds. The molecular weight excluding hydrogens is 204 g/mol. The number of β-amino-alcohol motifs (C(OH)–C–C–N with tert-alkyl or cyclic N) is 2. The van der Waals surface area contributed by atoms with Gasteiger partial charge in [-0.1, -0.05) is 0 Å². The second kappa shape index (κ2) is 8.93. The first kappa shape index (κ1) is 13.9. The fourth-order valence-corrected chi connectivity index (χ4v) is 2.30. The lowest BCUT2D eigenvalue weighted by molar-refractivity contribution is 0.221. The lowest BCUT2D eigenvalue weighted by Gasteiger charge is -2.10. The maximum Gasteiger partial charge on any atom is 0.0558 e. The van der Waals surface area contributed by atoms with Crippen LogP contribution in [0, 0.1) is 0 Å². The van der Waals surface area contributed by atoms with Gasteiger partial charge in [-0.25, -0.2) is 0 Å². The topological polar surface area (TPSA) is 46.9 Å². The molecule has 0 unspecified atom stereocenters. The number of nitrogens with zero attached hydrogens (tertiary/aromatic N) is 2. The minimum atomic E-state index is 0.319. The van der Waals surface area contributed by atoms with Crippen LogP contribution in [0.2, 0.25) is 0 Å². The van der Waals surface area contributed by atoms with Gasteiger partial charge in [-0.3, -0.25) is 0 Å². The van der Waals surface area contributed by atoms with Crippen molar-refractivity contribution in [1.82, 2.24) is 9.80 Å². The summed E-state index contributed by atoms with van der Waals surface area (Å²) in [5.74, 6) is 0. The molecule has 16 heavy (non-hydrogen) atoms. The van der Waals surface area contributed by atoms with E-state index in [-0.39, 0.29) is 0 Å². The molecule has 0 saturated carbocycles. The standard InChI is InChI=1S/2C6H13NO/c2*8-6-5-7-3-1-2-4-7/h2*8H,1-6H2. The van der Waals surface area contributed by atoms with Gasteiger partial charge in [-0.05, 0) is 51.9 Å². The highest BCUT2D eigenvalue weighted by molar-refractivity contribution is 4.65. The van der Waals surface area contributed by atoms with Gasteiger partial charge in [0.2, 0.25) is 0 Å². The molecule has 0 bridgehead atoms. The van der Waals surface area contributed by atoms with E-state index < -0.39 is 0 Å². The van der Waals surface area contributed by atoms with Crippen LogP contribution in [0.1, 0.15) is 25.7 Å². The third kappa shape index (κ3) is 5.80. The maximum absolute atomic E-state index is 8.48. The van der Waals surface area contributed by atoms with Crippen LogP contribution in [0.15, 0.2) is 0 Å². The van der Waals surface area contributed by atoms with Gasteiger partial charge < -0.3 is 20.0 Å². The van der Waals surface area contributed by atoms with Crippen LogP contribution in [0.4, 0.5) is 0 Å². The lowest BCUT2D eigenvalue weighted by atomic mass is 10.4.